The van der Waals surface area contributed by atoms with Crippen LogP contribution in [0.25, 0.3) is 0 Å². The number of hydrogen-bond donors (Lipinski definition) is 1. The summed E-state index contributed by atoms with van der Waals surface area (Å²) in [5, 5.41) is 3.59. The first-order valence-corrected chi connectivity index (χ1v) is 11.6. The van der Waals surface area contributed by atoms with Gasteiger partial charge in [0, 0.05) is 22.2 Å². The first-order chi connectivity index (χ1) is 15.4. The van der Waals surface area contributed by atoms with Crippen molar-refractivity contribution in [2.75, 3.05) is 17.6 Å². The third kappa shape index (κ3) is 4.83. The van der Waals surface area contributed by atoms with E-state index in [1.807, 2.05) is 18.2 Å². The lowest BCUT2D eigenvalue weighted by atomic mass is 10.1. The fourth-order valence-corrected chi connectivity index (χ4v) is 4.78. The Bertz CT molecular complexity index is 1180. The molecule has 0 unspecified atom stereocenters. The second-order valence-corrected chi connectivity index (χ2v) is 9.13. The van der Waals surface area contributed by atoms with Crippen molar-refractivity contribution in [2.24, 2.45) is 0 Å². The smallest absolute Gasteiger partial charge is 0.261 e. The minimum atomic E-state index is -0.320. The van der Waals surface area contributed by atoms with Gasteiger partial charge in [0.05, 0.1) is 21.7 Å². The normalized spacial score (nSPS) is 12.8. The second kappa shape index (κ2) is 9.77. The number of carbonyl (C=O) groups is 3. The van der Waals surface area contributed by atoms with Crippen LogP contribution < -0.4 is 5.32 Å². The maximum absolute atomic E-state index is 12.5. The Hall–Kier alpha value is -2.80. The average Bonchev–Trinajstić information content (AvgIpc) is 3.02. The van der Waals surface area contributed by atoms with Crippen molar-refractivity contribution in [2.45, 2.75) is 11.3 Å². The maximum Gasteiger partial charge on any atom is 0.261 e. The van der Waals surface area contributed by atoms with Gasteiger partial charge in [-0.15, -0.1) is 11.8 Å². The molecule has 0 aliphatic carbocycles. The summed E-state index contributed by atoms with van der Waals surface area (Å²) in [6.45, 7) is 0.366. The highest BCUT2D eigenvalue weighted by Crippen LogP contribution is 2.26. The van der Waals surface area contributed by atoms with Gasteiger partial charge in [0.2, 0.25) is 0 Å². The number of halogens is 2. The van der Waals surface area contributed by atoms with E-state index in [1.54, 1.807) is 54.2 Å². The van der Waals surface area contributed by atoms with Crippen molar-refractivity contribution in [1.82, 2.24) is 4.90 Å². The molecule has 0 fully saturated rings. The second-order valence-electron chi connectivity index (χ2n) is 7.12. The van der Waals surface area contributed by atoms with E-state index in [0.29, 0.717) is 46.1 Å². The predicted octanol–water partition coefficient (Wildman–Crippen LogP) is 6.02. The highest BCUT2D eigenvalue weighted by Gasteiger charge is 2.34. The van der Waals surface area contributed by atoms with E-state index >= 15 is 0 Å². The minimum absolute atomic E-state index is 0.235. The molecule has 1 aliphatic heterocycles. The third-order valence-electron chi connectivity index (χ3n) is 4.94. The summed E-state index contributed by atoms with van der Waals surface area (Å²) in [7, 11) is 0. The van der Waals surface area contributed by atoms with Crippen LogP contribution in [0.2, 0.25) is 10.0 Å². The van der Waals surface area contributed by atoms with Gasteiger partial charge in [-0.1, -0.05) is 41.4 Å². The van der Waals surface area contributed by atoms with Gasteiger partial charge >= 0.3 is 0 Å². The van der Waals surface area contributed by atoms with Crippen LogP contribution in [-0.2, 0) is 0 Å². The number of thioether (sulfide) groups is 1. The number of hydrogen-bond acceptors (Lipinski definition) is 4. The Labute approximate surface area is 199 Å². The summed E-state index contributed by atoms with van der Waals surface area (Å²) >= 11 is 13.6. The van der Waals surface area contributed by atoms with Crippen LogP contribution in [0.4, 0.5) is 5.69 Å². The van der Waals surface area contributed by atoms with E-state index < -0.39 is 0 Å². The summed E-state index contributed by atoms with van der Waals surface area (Å²) in [4.78, 5) is 39.6. The highest BCUT2D eigenvalue weighted by atomic mass is 35.5. The van der Waals surface area contributed by atoms with Gasteiger partial charge in [-0.05, 0) is 60.7 Å². The lowest BCUT2D eigenvalue weighted by Crippen LogP contribution is -2.30. The molecular weight excluding hydrogens is 467 g/mol. The molecule has 0 aromatic heterocycles. The zero-order chi connectivity index (χ0) is 22.7. The van der Waals surface area contributed by atoms with E-state index in [2.05, 4.69) is 5.32 Å². The van der Waals surface area contributed by atoms with Crippen LogP contribution in [-0.4, -0.2) is 34.9 Å². The lowest BCUT2D eigenvalue weighted by Gasteiger charge is -2.13. The van der Waals surface area contributed by atoms with Crippen molar-refractivity contribution in [1.29, 1.82) is 0 Å². The standard InChI is InChI=1S/C24H18Cl2N2O3S/c25-15-9-10-20(21(26)13-15)22(29)27-16-5-3-6-17(14-16)32-12-4-11-28-23(30)18-7-1-2-8-19(18)24(28)31/h1-3,5-10,13-14H,4,11-12H2,(H,27,29). The van der Waals surface area contributed by atoms with E-state index in [1.165, 1.54) is 11.0 Å². The summed E-state index contributed by atoms with van der Waals surface area (Å²) < 4.78 is 0. The molecule has 3 aromatic rings. The van der Waals surface area contributed by atoms with E-state index in [-0.39, 0.29) is 22.7 Å². The SMILES string of the molecule is O=C(Nc1cccc(SCCCN2C(=O)c3ccccc3C2=O)c1)c1ccc(Cl)cc1Cl. The number of nitrogens with one attached hydrogen (secondary N) is 1. The number of anilines is 1. The van der Waals surface area contributed by atoms with Crippen LogP contribution in [0.5, 0.6) is 0 Å². The van der Waals surface area contributed by atoms with Crippen LogP contribution in [0.3, 0.4) is 0 Å². The highest BCUT2D eigenvalue weighted by molar-refractivity contribution is 7.99. The fraction of sp³-hybridized carbons (Fsp3) is 0.125. The number of rotatable bonds is 7. The number of nitrogens with zero attached hydrogens (tertiary/aromatic N) is 1. The van der Waals surface area contributed by atoms with Gasteiger partial charge in [-0.2, -0.15) is 0 Å². The molecule has 3 amide bonds. The van der Waals surface area contributed by atoms with Crippen molar-refractivity contribution < 1.29 is 14.4 Å². The van der Waals surface area contributed by atoms with Crippen molar-refractivity contribution in [3.8, 4) is 0 Å². The molecule has 0 saturated carbocycles. The zero-order valence-electron chi connectivity index (χ0n) is 16.8. The Morgan fingerprint density at radius 3 is 2.31 bits per heavy atom. The molecule has 1 N–H and O–H groups in total. The number of amides is 3. The summed E-state index contributed by atoms with van der Waals surface area (Å²) in [6, 6.07) is 19.1. The van der Waals surface area contributed by atoms with Crippen LogP contribution >= 0.6 is 35.0 Å². The molecule has 162 valence electrons. The molecule has 0 spiro atoms. The van der Waals surface area contributed by atoms with Gasteiger partial charge in [-0.3, -0.25) is 19.3 Å². The van der Waals surface area contributed by atoms with Crippen molar-refractivity contribution in [3.63, 3.8) is 0 Å². The van der Waals surface area contributed by atoms with E-state index in [0.717, 1.165) is 4.90 Å². The van der Waals surface area contributed by atoms with Crippen LogP contribution in [0, 0.1) is 0 Å². The largest absolute Gasteiger partial charge is 0.322 e. The summed E-state index contributed by atoms with van der Waals surface area (Å²) in [5.41, 5.74) is 1.92. The van der Waals surface area contributed by atoms with Crippen LogP contribution in [0.15, 0.2) is 71.6 Å². The molecule has 3 aromatic carbocycles. The van der Waals surface area contributed by atoms with Crippen molar-refractivity contribution in [3.05, 3.63) is 93.5 Å². The Morgan fingerprint density at radius 1 is 0.906 bits per heavy atom. The molecule has 1 heterocycles. The lowest BCUT2D eigenvalue weighted by molar-refractivity contribution is 0.0654. The molecule has 32 heavy (non-hydrogen) atoms. The quantitative estimate of drug-likeness (QED) is 0.252. The van der Waals surface area contributed by atoms with Gasteiger partial charge in [0.15, 0.2) is 0 Å². The molecule has 5 nitrogen and oxygen atoms in total. The number of fused-ring (bicyclic) bond motifs is 1. The molecule has 0 saturated heterocycles. The molecule has 0 atom stereocenters. The van der Waals surface area contributed by atoms with E-state index in [9.17, 15) is 14.4 Å². The third-order valence-corrected chi connectivity index (χ3v) is 6.57. The molecule has 0 bridgehead atoms. The minimum Gasteiger partial charge on any atom is -0.322 e. The Balaban J connectivity index is 1.31. The predicted molar refractivity (Wildman–Crippen MR) is 128 cm³/mol. The topological polar surface area (TPSA) is 66.5 Å². The molecule has 0 radical (unpaired) electrons. The number of imide groups is 1. The monoisotopic (exact) mass is 484 g/mol. The average molecular weight is 485 g/mol. The Morgan fingerprint density at radius 2 is 1.62 bits per heavy atom. The summed E-state index contributed by atoms with van der Waals surface area (Å²) in [5.74, 6) is -0.0739. The zero-order valence-corrected chi connectivity index (χ0v) is 19.1. The Kier molecular flexibility index (Phi) is 6.84. The summed E-state index contributed by atoms with van der Waals surface area (Å²) in [6.07, 6.45) is 0.660. The molecule has 4 rings (SSSR count). The maximum atomic E-state index is 12.5. The fourth-order valence-electron chi connectivity index (χ4n) is 3.39. The van der Waals surface area contributed by atoms with Gasteiger partial charge in [0.1, 0.15) is 0 Å². The van der Waals surface area contributed by atoms with Crippen molar-refractivity contribution >= 4 is 58.4 Å². The molecular formula is C24H18Cl2N2O3S. The van der Waals surface area contributed by atoms with E-state index in [4.69, 9.17) is 23.2 Å². The number of carbonyl (C=O) groups excluding carboxylic acids is 3. The first-order valence-electron chi connectivity index (χ1n) is 9.88. The van der Waals surface area contributed by atoms with Gasteiger partial charge < -0.3 is 5.32 Å². The van der Waals surface area contributed by atoms with Gasteiger partial charge in [-0.25, -0.2) is 0 Å². The molecule has 1 aliphatic rings. The van der Waals surface area contributed by atoms with Gasteiger partial charge in [0.25, 0.3) is 17.7 Å². The number of benzene rings is 3. The van der Waals surface area contributed by atoms with Crippen LogP contribution in [0.1, 0.15) is 37.5 Å². The first kappa shape index (κ1) is 22.4. The molecule has 8 heteroatoms.